The zero-order chi connectivity index (χ0) is 14.4. The van der Waals surface area contributed by atoms with Gasteiger partial charge in [0.25, 0.3) is 0 Å². The van der Waals surface area contributed by atoms with Gasteiger partial charge in [-0.3, -0.25) is 0 Å². The lowest BCUT2D eigenvalue weighted by Gasteiger charge is -2.39. The Morgan fingerprint density at radius 1 is 1.20 bits per heavy atom. The van der Waals surface area contributed by atoms with Crippen LogP contribution in [0.25, 0.3) is 0 Å². The molecule has 1 saturated carbocycles. The van der Waals surface area contributed by atoms with Gasteiger partial charge in [-0.1, -0.05) is 33.1 Å². The first kappa shape index (κ1) is 16.3. The van der Waals surface area contributed by atoms with Gasteiger partial charge in [0.05, 0.1) is 0 Å². The molecule has 0 bridgehead atoms. The summed E-state index contributed by atoms with van der Waals surface area (Å²) in [5, 5.41) is 3.90. The fraction of sp³-hybridized carbons (Fsp3) is 1.00. The standard InChI is InChI=1S/C18H36N2/c1-4-12-20-13-8-9-17(14-20)16(2)19-15-18(3)10-6-5-7-11-18/h16-17,19H,4-15H2,1-3H3. The summed E-state index contributed by atoms with van der Waals surface area (Å²) in [6.07, 6.45) is 11.3. The van der Waals surface area contributed by atoms with Gasteiger partial charge in [0.2, 0.25) is 0 Å². The number of nitrogens with zero attached hydrogens (tertiary/aromatic N) is 1. The van der Waals surface area contributed by atoms with Crippen LogP contribution in [-0.2, 0) is 0 Å². The molecule has 1 N–H and O–H groups in total. The van der Waals surface area contributed by atoms with Crippen LogP contribution in [0.3, 0.4) is 0 Å². The number of rotatable bonds is 6. The lowest BCUT2D eigenvalue weighted by Crippen LogP contribution is -2.47. The van der Waals surface area contributed by atoms with E-state index in [0.717, 1.165) is 5.92 Å². The van der Waals surface area contributed by atoms with Crippen molar-refractivity contribution in [3.63, 3.8) is 0 Å². The highest BCUT2D eigenvalue weighted by Gasteiger charge is 2.29. The van der Waals surface area contributed by atoms with E-state index >= 15 is 0 Å². The topological polar surface area (TPSA) is 15.3 Å². The Hall–Kier alpha value is -0.0800. The highest BCUT2D eigenvalue weighted by Crippen LogP contribution is 2.35. The lowest BCUT2D eigenvalue weighted by atomic mass is 9.75. The summed E-state index contributed by atoms with van der Waals surface area (Å²) in [4.78, 5) is 2.68. The van der Waals surface area contributed by atoms with Crippen LogP contribution in [0.5, 0.6) is 0 Å². The van der Waals surface area contributed by atoms with E-state index in [1.165, 1.54) is 77.5 Å². The Balaban J connectivity index is 1.74. The largest absolute Gasteiger partial charge is 0.313 e. The molecule has 2 heteroatoms. The van der Waals surface area contributed by atoms with E-state index in [2.05, 4.69) is 31.0 Å². The van der Waals surface area contributed by atoms with Crippen LogP contribution < -0.4 is 5.32 Å². The molecule has 0 amide bonds. The quantitative estimate of drug-likeness (QED) is 0.789. The van der Waals surface area contributed by atoms with Crippen LogP contribution >= 0.6 is 0 Å². The van der Waals surface area contributed by atoms with Gasteiger partial charge in [0.1, 0.15) is 0 Å². The molecule has 1 aliphatic carbocycles. The summed E-state index contributed by atoms with van der Waals surface area (Å²) < 4.78 is 0. The van der Waals surface area contributed by atoms with Gasteiger partial charge in [-0.05, 0) is 63.5 Å². The van der Waals surface area contributed by atoms with E-state index in [0.29, 0.717) is 11.5 Å². The van der Waals surface area contributed by atoms with Crippen molar-refractivity contribution in [2.24, 2.45) is 11.3 Å². The van der Waals surface area contributed by atoms with Gasteiger partial charge in [0, 0.05) is 19.1 Å². The van der Waals surface area contributed by atoms with E-state index in [4.69, 9.17) is 0 Å². The molecule has 1 saturated heterocycles. The SMILES string of the molecule is CCCN1CCCC(C(C)NCC2(C)CCCCC2)C1. The number of likely N-dealkylation sites (tertiary alicyclic amines) is 1. The molecule has 1 heterocycles. The normalized spacial score (nSPS) is 29.2. The predicted molar refractivity (Wildman–Crippen MR) is 88.1 cm³/mol. The fourth-order valence-corrected chi connectivity index (χ4v) is 4.17. The molecular formula is C18H36N2. The molecule has 2 aliphatic rings. The molecular weight excluding hydrogens is 244 g/mol. The smallest absolute Gasteiger partial charge is 0.00794 e. The van der Waals surface area contributed by atoms with Crippen LogP contribution in [0.4, 0.5) is 0 Å². The van der Waals surface area contributed by atoms with Crippen molar-refractivity contribution in [1.29, 1.82) is 0 Å². The minimum atomic E-state index is 0.574. The number of piperidine rings is 1. The first-order valence-electron chi connectivity index (χ1n) is 9.09. The molecule has 0 radical (unpaired) electrons. The van der Waals surface area contributed by atoms with Crippen molar-refractivity contribution >= 4 is 0 Å². The molecule has 118 valence electrons. The summed E-state index contributed by atoms with van der Waals surface area (Å²) in [6, 6.07) is 0.688. The molecule has 1 aliphatic heterocycles. The Morgan fingerprint density at radius 3 is 2.65 bits per heavy atom. The zero-order valence-electron chi connectivity index (χ0n) is 14.1. The maximum absolute atomic E-state index is 3.90. The van der Waals surface area contributed by atoms with Gasteiger partial charge < -0.3 is 10.2 Å². The number of hydrogen-bond donors (Lipinski definition) is 1. The molecule has 2 fully saturated rings. The third kappa shape index (κ3) is 4.73. The Labute approximate surface area is 126 Å². The maximum Gasteiger partial charge on any atom is 0.00794 e. The molecule has 0 aromatic carbocycles. The first-order chi connectivity index (χ1) is 9.63. The minimum absolute atomic E-state index is 0.574. The molecule has 2 rings (SSSR count). The third-order valence-corrected chi connectivity index (χ3v) is 5.70. The van der Waals surface area contributed by atoms with Crippen LogP contribution in [0, 0.1) is 11.3 Å². The van der Waals surface area contributed by atoms with Crippen LogP contribution in [0.15, 0.2) is 0 Å². The first-order valence-corrected chi connectivity index (χ1v) is 9.09. The summed E-state index contributed by atoms with van der Waals surface area (Å²) in [5.41, 5.74) is 0.574. The summed E-state index contributed by atoms with van der Waals surface area (Å²) >= 11 is 0. The highest BCUT2D eigenvalue weighted by atomic mass is 15.1. The number of hydrogen-bond acceptors (Lipinski definition) is 2. The summed E-state index contributed by atoms with van der Waals surface area (Å²) in [5.74, 6) is 0.863. The second-order valence-electron chi connectivity index (χ2n) is 7.74. The van der Waals surface area contributed by atoms with Crippen molar-refractivity contribution in [1.82, 2.24) is 10.2 Å². The minimum Gasteiger partial charge on any atom is -0.313 e. The van der Waals surface area contributed by atoms with E-state index in [1.807, 2.05) is 0 Å². The highest BCUT2D eigenvalue weighted by molar-refractivity contribution is 4.85. The molecule has 2 nitrogen and oxygen atoms in total. The molecule has 0 aromatic rings. The second-order valence-corrected chi connectivity index (χ2v) is 7.74. The van der Waals surface area contributed by atoms with Crippen LogP contribution in [0.2, 0.25) is 0 Å². The molecule has 0 spiro atoms. The molecule has 2 atom stereocenters. The van der Waals surface area contributed by atoms with Crippen molar-refractivity contribution < 1.29 is 0 Å². The van der Waals surface area contributed by atoms with Gasteiger partial charge >= 0.3 is 0 Å². The van der Waals surface area contributed by atoms with Gasteiger partial charge in [0.15, 0.2) is 0 Å². The third-order valence-electron chi connectivity index (χ3n) is 5.70. The lowest BCUT2D eigenvalue weighted by molar-refractivity contribution is 0.137. The van der Waals surface area contributed by atoms with Gasteiger partial charge in [-0.25, -0.2) is 0 Å². The summed E-state index contributed by atoms with van der Waals surface area (Å²) in [7, 11) is 0. The van der Waals surface area contributed by atoms with Gasteiger partial charge in [-0.2, -0.15) is 0 Å². The Kier molecular flexibility index (Phi) is 6.35. The Bertz CT molecular complexity index is 269. The van der Waals surface area contributed by atoms with Crippen LogP contribution in [-0.4, -0.2) is 37.1 Å². The van der Waals surface area contributed by atoms with Crippen molar-refractivity contribution in [2.45, 2.75) is 78.2 Å². The molecule has 0 aromatic heterocycles. The van der Waals surface area contributed by atoms with E-state index in [1.54, 1.807) is 0 Å². The predicted octanol–water partition coefficient (Wildman–Crippen LogP) is 4.06. The average molecular weight is 280 g/mol. The van der Waals surface area contributed by atoms with Crippen LogP contribution in [0.1, 0.15) is 72.1 Å². The second kappa shape index (κ2) is 7.79. The van der Waals surface area contributed by atoms with Crippen molar-refractivity contribution in [2.75, 3.05) is 26.2 Å². The Morgan fingerprint density at radius 2 is 1.95 bits per heavy atom. The monoisotopic (exact) mass is 280 g/mol. The fourth-order valence-electron chi connectivity index (χ4n) is 4.17. The van der Waals surface area contributed by atoms with E-state index in [-0.39, 0.29) is 0 Å². The molecule has 20 heavy (non-hydrogen) atoms. The zero-order valence-corrected chi connectivity index (χ0v) is 14.1. The van der Waals surface area contributed by atoms with Gasteiger partial charge in [-0.15, -0.1) is 0 Å². The number of nitrogens with one attached hydrogen (secondary N) is 1. The van der Waals surface area contributed by atoms with Crippen molar-refractivity contribution in [3.8, 4) is 0 Å². The van der Waals surface area contributed by atoms with Crippen molar-refractivity contribution in [3.05, 3.63) is 0 Å². The van der Waals surface area contributed by atoms with E-state index in [9.17, 15) is 0 Å². The van der Waals surface area contributed by atoms with E-state index < -0.39 is 0 Å². The average Bonchev–Trinajstić information content (AvgIpc) is 2.46. The maximum atomic E-state index is 3.90. The molecule has 2 unspecified atom stereocenters. The summed E-state index contributed by atoms with van der Waals surface area (Å²) in [6.45, 7) is 12.4.